The lowest BCUT2D eigenvalue weighted by Crippen LogP contribution is -1.68. The van der Waals surface area contributed by atoms with Gasteiger partial charge in [0.25, 0.3) is 0 Å². The maximum absolute atomic E-state index is 12.2. The Kier molecular flexibility index (Phi) is 1.92. The van der Waals surface area contributed by atoms with Gasteiger partial charge in [-0.3, -0.25) is 0 Å². The molecule has 1 aromatic carbocycles. The predicted molar refractivity (Wildman–Crippen MR) is 36.2 cm³/mol. The van der Waals surface area contributed by atoms with Gasteiger partial charge in [-0.25, -0.2) is 9.80 Å². The van der Waals surface area contributed by atoms with Crippen LogP contribution in [0.15, 0.2) is 29.3 Å². The molecule has 0 aliphatic rings. The number of hydrogen-bond acceptors (Lipinski definition) is 2. The van der Waals surface area contributed by atoms with Gasteiger partial charge in [0.15, 0.2) is 0 Å². The highest BCUT2D eigenvalue weighted by Gasteiger charge is 1.87. The third-order valence-electron chi connectivity index (χ3n) is 1.01. The van der Waals surface area contributed by atoms with E-state index < -0.39 is 0 Å². The zero-order valence-corrected chi connectivity index (χ0v) is 5.13. The van der Waals surface area contributed by atoms with Crippen molar-refractivity contribution >= 4 is 11.7 Å². The van der Waals surface area contributed by atoms with Crippen molar-refractivity contribution in [2.75, 3.05) is 0 Å². The van der Waals surface area contributed by atoms with Crippen LogP contribution >= 0.6 is 0 Å². The number of benzene rings is 1. The lowest BCUT2D eigenvalue weighted by Gasteiger charge is -1.87. The van der Waals surface area contributed by atoms with Crippen LogP contribution in [0.2, 0.25) is 0 Å². The van der Waals surface area contributed by atoms with Crippen LogP contribution in [0.25, 0.3) is 0 Å². The molecule has 0 aromatic heterocycles. The SMILES string of the molecule is N=C=Nc1ccc(F)cc1. The topological polar surface area (TPSA) is 36.2 Å². The largest absolute Gasteiger partial charge is 0.241 e. The molecule has 0 amide bonds. The van der Waals surface area contributed by atoms with Crippen molar-refractivity contribution in [2.45, 2.75) is 0 Å². The summed E-state index contributed by atoms with van der Waals surface area (Å²) in [5, 5.41) is 6.48. The number of halogens is 1. The average molecular weight is 136 g/mol. The third-order valence-corrected chi connectivity index (χ3v) is 1.01. The smallest absolute Gasteiger partial charge is 0.123 e. The molecule has 3 heteroatoms. The Hall–Kier alpha value is -1.47. The molecule has 0 fully saturated rings. The first-order valence-corrected chi connectivity index (χ1v) is 2.71. The van der Waals surface area contributed by atoms with Gasteiger partial charge in [-0.05, 0) is 24.3 Å². The standard InChI is InChI=1S/C7H5FN2/c8-6-1-3-7(4-2-6)10-5-9/h1-4,9H. The van der Waals surface area contributed by atoms with Crippen molar-refractivity contribution in [2.24, 2.45) is 4.99 Å². The molecule has 1 N–H and O–H groups in total. The number of nitrogens with zero attached hydrogens (tertiary/aromatic N) is 1. The predicted octanol–water partition coefficient (Wildman–Crippen LogP) is 2.21. The molecule has 0 bridgehead atoms. The highest BCUT2D eigenvalue weighted by Crippen LogP contribution is 2.10. The number of rotatable bonds is 1. The van der Waals surface area contributed by atoms with Crippen LogP contribution in [0.5, 0.6) is 0 Å². The van der Waals surface area contributed by atoms with Gasteiger partial charge < -0.3 is 0 Å². The van der Waals surface area contributed by atoms with E-state index in [9.17, 15) is 4.39 Å². The summed E-state index contributed by atoms with van der Waals surface area (Å²) in [7, 11) is 0. The molecule has 0 saturated carbocycles. The molecule has 50 valence electrons. The fourth-order valence-electron chi connectivity index (χ4n) is 0.580. The zero-order valence-electron chi connectivity index (χ0n) is 5.13. The molecule has 10 heavy (non-hydrogen) atoms. The van der Waals surface area contributed by atoms with E-state index in [2.05, 4.69) is 4.99 Å². The fraction of sp³-hybridized carbons (Fsp3) is 0. The van der Waals surface area contributed by atoms with Crippen LogP contribution in [0.3, 0.4) is 0 Å². The van der Waals surface area contributed by atoms with Crippen LogP contribution in [0.4, 0.5) is 10.1 Å². The summed E-state index contributed by atoms with van der Waals surface area (Å²) >= 11 is 0. The van der Waals surface area contributed by atoms with E-state index in [4.69, 9.17) is 5.41 Å². The minimum absolute atomic E-state index is 0.302. The van der Waals surface area contributed by atoms with Crippen LogP contribution < -0.4 is 0 Å². The Morgan fingerprint density at radius 2 is 1.90 bits per heavy atom. The third kappa shape index (κ3) is 1.50. The van der Waals surface area contributed by atoms with E-state index in [0.717, 1.165) is 0 Å². The first-order valence-electron chi connectivity index (χ1n) is 2.71. The normalized spacial score (nSPS) is 8.50. The summed E-state index contributed by atoms with van der Waals surface area (Å²) in [4.78, 5) is 3.50. The summed E-state index contributed by atoms with van der Waals surface area (Å²) in [5.41, 5.74) is 0.538. The van der Waals surface area contributed by atoms with Crippen molar-refractivity contribution < 1.29 is 4.39 Å². The van der Waals surface area contributed by atoms with Crippen LogP contribution in [0.1, 0.15) is 0 Å². The van der Waals surface area contributed by atoms with Gasteiger partial charge in [-0.1, -0.05) is 0 Å². The monoisotopic (exact) mass is 136 g/mol. The molecule has 0 radical (unpaired) electrons. The molecule has 0 heterocycles. The second-order valence-corrected chi connectivity index (χ2v) is 1.70. The second-order valence-electron chi connectivity index (χ2n) is 1.70. The lowest BCUT2D eigenvalue weighted by molar-refractivity contribution is 0.628. The van der Waals surface area contributed by atoms with E-state index in [-0.39, 0.29) is 5.82 Å². The molecular weight excluding hydrogens is 131 g/mol. The Labute approximate surface area is 57.5 Å². The molecule has 0 aliphatic heterocycles. The quantitative estimate of drug-likeness (QED) is 0.574. The van der Waals surface area contributed by atoms with Gasteiger partial charge in [0.2, 0.25) is 0 Å². The average Bonchev–Trinajstić information content (AvgIpc) is 1.95. The highest BCUT2D eigenvalue weighted by molar-refractivity contribution is 5.49. The van der Waals surface area contributed by atoms with Crippen molar-refractivity contribution in [3.63, 3.8) is 0 Å². The molecule has 0 unspecified atom stereocenters. The molecular formula is C7H5FN2. The molecule has 2 nitrogen and oxygen atoms in total. The minimum Gasteiger partial charge on any atom is -0.241 e. The van der Waals surface area contributed by atoms with Crippen molar-refractivity contribution in [1.82, 2.24) is 0 Å². The molecule has 0 spiro atoms. The Morgan fingerprint density at radius 1 is 1.30 bits per heavy atom. The molecule has 0 saturated heterocycles. The summed E-state index contributed by atoms with van der Waals surface area (Å²) < 4.78 is 12.2. The summed E-state index contributed by atoms with van der Waals surface area (Å²) in [5.74, 6) is -0.302. The van der Waals surface area contributed by atoms with Gasteiger partial charge in [0, 0.05) is 0 Å². The highest BCUT2D eigenvalue weighted by atomic mass is 19.1. The summed E-state index contributed by atoms with van der Waals surface area (Å²) in [6.07, 6.45) is 0. The van der Waals surface area contributed by atoms with Crippen LogP contribution in [0, 0.1) is 11.2 Å². The summed E-state index contributed by atoms with van der Waals surface area (Å²) in [6.45, 7) is 0. The van der Waals surface area contributed by atoms with E-state index >= 15 is 0 Å². The van der Waals surface area contributed by atoms with Gasteiger partial charge in [0.1, 0.15) is 5.82 Å². The van der Waals surface area contributed by atoms with E-state index in [1.165, 1.54) is 24.3 Å². The van der Waals surface area contributed by atoms with Gasteiger partial charge in [-0.15, -0.1) is 0 Å². The second kappa shape index (κ2) is 2.90. The van der Waals surface area contributed by atoms with Gasteiger partial charge in [0.05, 0.1) is 11.7 Å². The maximum atomic E-state index is 12.2. The minimum atomic E-state index is -0.302. The first-order chi connectivity index (χ1) is 4.83. The summed E-state index contributed by atoms with van der Waals surface area (Å²) in [6, 6.07) is 7.40. The van der Waals surface area contributed by atoms with Gasteiger partial charge >= 0.3 is 0 Å². The number of hydrogen-bond donors (Lipinski definition) is 1. The Bertz CT molecular complexity index is 259. The lowest BCUT2D eigenvalue weighted by atomic mass is 10.3. The van der Waals surface area contributed by atoms with Crippen molar-refractivity contribution in [3.8, 4) is 0 Å². The first kappa shape index (κ1) is 6.65. The molecule has 1 aromatic rings. The maximum Gasteiger partial charge on any atom is 0.123 e. The van der Waals surface area contributed by atoms with Crippen LogP contribution in [-0.4, -0.2) is 6.01 Å². The Morgan fingerprint density at radius 3 is 2.40 bits per heavy atom. The Balaban J connectivity index is 3.00. The number of nitrogens with one attached hydrogen (secondary N) is 1. The van der Waals surface area contributed by atoms with Crippen LogP contribution in [-0.2, 0) is 0 Å². The van der Waals surface area contributed by atoms with E-state index in [1.54, 1.807) is 0 Å². The van der Waals surface area contributed by atoms with E-state index in [1.807, 2.05) is 6.01 Å². The number of aliphatic imine (C=N–C) groups is 1. The van der Waals surface area contributed by atoms with E-state index in [0.29, 0.717) is 5.69 Å². The zero-order chi connectivity index (χ0) is 7.40. The molecule has 0 atom stereocenters. The molecule has 0 aliphatic carbocycles. The van der Waals surface area contributed by atoms with Gasteiger partial charge in [-0.2, -0.15) is 4.99 Å². The molecule has 1 rings (SSSR count). The van der Waals surface area contributed by atoms with Crippen molar-refractivity contribution in [1.29, 1.82) is 5.41 Å². The van der Waals surface area contributed by atoms with Crippen molar-refractivity contribution in [3.05, 3.63) is 30.1 Å². The fourth-order valence-corrected chi connectivity index (χ4v) is 0.580.